The van der Waals surface area contributed by atoms with Crippen LogP contribution in [0.3, 0.4) is 0 Å². The molecule has 1 aromatic carbocycles. The SMILES string of the molecule is COc1ccc(C(=O)NC(C)Cc2ccc(C)s2)c(N)c1. The number of aryl methyl sites for hydroxylation is 1. The Balaban J connectivity index is 2.00. The van der Waals surface area contributed by atoms with Gasteiger partial charge < -0.3 is 15.8 Å². The lowest BCUT2D eigenvalue weighted by atomic mass is 10.1. The number of nitrogens with two attached hydrogens (primary N) is 1. The van der Waals surface area contributed by atoms with Gasteiger partial charge in [-0.2, -0.15) is 0 Å². The first-order valence-corrected chi connectivity index (χ1v) is 7.61. The molecule has 0 aliphatic heterocycles. The molecule has 1 atom stereocenters. The van der Waals surface area contributed by atoms with Gasteiger partial charge in [0.05, 0.1) is 12.7 Å². The Labute approximate surface area is 128 Å². The normalized spacial score (nSPS) is 12.0. The monoisotopic (exact) mass is 304 g/mol. The highest BCUT2D eigenvalue weighted by atomic mass is 32.1. The summed E-state index contributed by atoms with van der Waals surface area (Å²) < 4.78 is 5.08. The molecular weight excluding hydrogens is 284 g/mol. The number of ether oxygens (including phenoxy) is 1. The van der Waals surface area contributed by atoms with Gasteiger partial charge in [-0.15, -0.1) is 11.3 Å². The van der Waals surface area contributed by atoms with Crippen molar-refractivity contribution in [2.45, 2.75) is 26.3 Å². The molecule has 2 rings (SSSR count). The first-order chi connectivity index (χ1) is 9.99. The highest BCUT2D eigenvalue weighted by molar-refractivity contribution is 7.11. The van der Waals surface area contributed by atoms with E-state index < -0.39 is 0 Å². The van der Waals surface area contributed by atoms with E-state index >= 15 is 0 Å². The average Bonchev–Trinajstić information content (AvgIpc) is 2.83. The van der Waals surface area contributed by atoms with Crippen LogP contribution in [0.4, 0.5) is 5.69 Å². The van der Waals surface area contributed by atoms with Gasteiger partial charge in [-0.05, 0) is 38.1 Å². The summed E-state index contributed by atoms with van der Waals surface area (Å²) in [6.07, 6.45) is 0.820. The molecule has 1 aromatic heterocycles. The first kappa shape index (κ1) is 15.4. The Morgan fingerprint density at radius 1 is 1.38 bits per heavy atom. The second-order valence-corrected chi connectivity index (χ2v) is 6.42. The van der Waals surface area contributed by atoms with Crippen LogP contribution in [0, 0.1) is 6.92 Å². The van der Waals surface area contributed by atoms with E-state index in [1.165, 1.54) is 9.75 Å². The van der Waals surface area contributed by atoms with Gasteiger partial charge >= 0.3 is 0 Å². The zero-order chi connectivity index (χ0) is 15.4. The minimum absolute atomic E-state index is 0.0528. The molecule has 0 aliphatic rings. The Morgan fingerprint density at radius 3 is 2.71 bits per heavy atom. The molecule has 1 amide bonds. The van der Waals surface area contributed by atoms with Crippen molar-refractivity contribution < 1.29 is 9.53 Å². The van der Waals surface area contributed by atoms with Crippen molar-refractivity contribution >= 4 is 22.9 Å². The van der Waals surface area contributed by atoms with E-state index in [2.05, 4.69) is 24.4 Å². The standard InChI is InChI=1S/C16H20N2O2S/c1-10(8-13-6-4-11(2)21-13)18-16(19)14-7-5-12(20-3)9-15(14)17/h4-7,9-10H,8,17H2,1-3H3,(H,18,19). The minimum atomic E-state index is -0.157. The lowest BCUT2D eigenvalue weighted by Gasteiger charge is -2.14. The maximum absolute atomic E-state index is 12.2. The Bertz CT molecular complexity index is 637. The summed E-state index contributed by atoms with van der Waals surface area (Å²) in [5.74, 6) is 0.488. The molecule has 4 nitrogen and oxygen atoms in total. The highest BCUT2D eigenvalue weighted by Gasteiger charge is 2.14. The van der Waals surface area contributed by atoms with Gasteiger partial charge in [0.2, 0.25) is 0 Å². The van der Waals surface area contributed by atoms with Gasteiger partial charge in [0.15, 0.2) is 0 Å². The number of hydrogen-bond donors (Lipinski definition) is 2. The zero-order valence-electron chi connectivity index (χ0n) is 12.5. The molecule has 21 heavy (non-hydrogen) atoms. The quantitative estimate of drug-likeness (QED) is 0.835. The van der Waals surface area contributed by atoms with Gasteiger partial charge in [-0.25, -0.2) is 0 Å². The molecular formula is C16H20N2O2S. The first-order valence-electron chi connectivity index (χ1n) is 6.79. The van der Waals surface area contributed by atoms with E-state index in [1.807, 2.05) is 6.92 Å². The van der Waals surface area contributed by atoms with E-state index in [9.17, 15) is 4.79 Å². The second-order valence-electron chi connectivity index (χ2n) is 5.04. The van der Waals surface area contributed by atoms with Crippen LogP contribution in [0.1, 0.15) is 27.0 Å². The van der Waals surface area contributed by atoms with Crippen LogP contribution in [0.5, 0.6) is 5.75 Å². The maximum Gasteiger partial charge on any atom is 0.253 e. The van der Waals surface area contributed by atoms with Gasteiger partial charge in [-0.1, -0.05) is 0 Å². The summed E-state index contributed by atoms with van der Waals surface area (Å²) >= 11 is 1.75. The topological polar surface area (TPSA) is 64.3 Å². The van der Waals surface area contributed by atoms with Crippen LogP contribution >= 0.6 is 11.3 Å². The number of hydrogen-bond acceptors (Lipinski definition) is 4. The Morgan fingerprint density at radius 2 is 2.14 bits per heavy atom. The maximum atomic E-state index is 12.2. The van der Waals surface area contributed by atoms with E-state index in [0.717, 1.165) is 6.42 Å². The third-order valence-corrected chi connectivity index (χ3v) is 4.21. The molecule has 5 heteroatoms. The lowest BCUT2D eigenvalue weighted by Crippen LogP contribution is -2.34. The van der Waals surface area contributed by atoms with Gasteiger partial charge in [0, 0.05) is 34.0 Å². The van der Waals surface area contributed by atoms with Gasteiger partial charge in [0.25, 0.3) is 5.91 Å². The van der Waals surface area contributed by atoms with Crippen molar-refractivity contribution in [3.63, 3.8) is 0 Å². The lowest BCUT2D eigenvalue weighted by molar-refractivity contribution is 0.0941. The predicted molar refractivity (Wildman–Crippen MR) is 87.1 cm³/mol. The van der Waals surface area contributed by atoms with Crippen LogP contribution in [-0.2, 0) is 6.42 Å². The number of rotatable bonds is 5. The van der Waals surface area contributed by atoms with Crippen molar-refractivity contribution in [3.05, 3.63) is 45.6 Å². The van der Waals surface area contributed by atoms with E-state index in [-0.39, 0.29) is 11.9 Å². The van der Waals surface area contributed by atoms with Gasteiger partial charge in [-0.3, -0.25) is 4.79 Å². The molecule has 3 N–H and O–H groups in total. The van der Waals surface area contributed by atoms with Crippen LogP contribution in [-0.4, -0.2) is 19.1 Å². The molecule has 112 valence electrons. The number of benzene rings is 1. The molecule has 0 bridgehead atoms. The number of methoxy groups -OCH3 is 1. The van der Waals surface area contributed by atoms with E-state index in [4.69, 9.17) is 10.5 Å². The molecule has 1 unspecified atom stereocenters. The Kier molecular flexibility index (Phi) is 4.85. The van der Waals surface area contributed by atoms with E-state index in [1.54, 1.807) is 36.6 Å². The fraction of sp³-hybridized carbons (Fsp3) is 0.312. The van der Waals surface area contributed by atoms with Crippen LogP contribution in [0.15, 0.2) is 30.3 Å². The number of nitrogen functional groups attached to an aromatic ring is 1. The average molecular weight is 304 g/mol. The summed E-state index contributed by atoms with van der Waals surface area (Å²) in [5.41, 5.74) is 6.79. The molecule has 2 aromatic rings. The molecule has 0 saturated heterocycles. The number of anilines is 1. The van der Waals surface area contributed by atoms with Gasteiger partial charge in [0.1, 0.15) is 5.75 Å². The molecule has 0 radical (unpaired) electrons. The van der Waals surface area contributed by atoms with Crippen LogP contribution in [0.25, 0.3) is 0 Å². The Hall–Kier alpha value is -2.01. The third kappa shape index (κ3) is 3.98. The summed E-state index contributed by atoms with van der Waals surface area (Å²) in [6.45, 7) is 4.07. The highest BCUT2D eigenvalue weighted by Crippen LogP contribution is 2.20. The fourth-order valence-corrected chi connectivity index (χ4v) is 3.14. The van der Waals surface area contributed by atoms with Crippen molar-refractivity contribution in [1.82, 2.24) is 5.32 Å². The number of carbonyl (C=O) groups is 1. The number of amides is 1. The summed E-state index contributed by atoms with van der Waals surface area (Å²) in [5, 5.41) is 2.98. The fourth-order valence-electron chi connectivity index (χ4n) is 2.12. The van der Waals surface area contributed by atoms with Crippen molar-refractivity contribution in [2.24, 2.45) is 0 Å². The second kappa shape index (κ2) is 6.63. The third-order valence-electron chi connectivity index (χ3n) is 3.18. The van der Waals surface area contributed by atoms with E-state index in [0.29, 0.717) is 17.0 Å². The largest absolute Gasteiger partial charge is 0.497 e. The smallest absolute Gasteiger partial charge is 0.253 e. The van der Waals surface area contributed by atoms with Crippen molar-refractivity contribution in [2.75, 3.05) is 12.8 Å². The van der Waals surface area contributed by atoms with Crippen LogP contribution in [0.2, 0.25) is 0 Å². The molecule has 0 aliphatic carbocycles. The number of carbonyl (C=O) groups excluding carboxylic acids is 1. The molecule has 0 spiro atoms. The van der Waals surface area contributed by atoms with Crippen molar-refractivity contribution in [3.8, 4) is 5.75 Å². The number of thiophene rings is 1. The van der Waals surface area contributed by atoms with Crippen LogP contribution < -0.4 is 15.8 Å². The van der Waals surface area contributed by atoms with Crippen molar-refractivity contribution in [1.29, 1.82) is 0 Å². The molecule has 1 heterocycles. The minimum Gasteiger partial charge on any atom is -0.497 e. The summed E-state index contributed by atoms with van der Waals surface area (Å²) in [4.78, 5) is 14.8. The summed E-state index contributed by atoms with van der Waals surface area (Å²) in [6, 6.07) is 9.32. The zero-order valence-corrected chi connectivity index (χ0v) is 13.3. The summed E-state index contributed by atoms with van der Waals surface area (Å²) in [7, 11) is 1.57. The number of nitrogens with one attached hydrogen (secondary N) is 1. The molecule has 0 saturated carbocycles. The molecule has 0 fully saturated rings. The predicted octanol–water partition coefficient (Wildman–Crippen LogP) is 3.01.